The Morgan fingerprint density at radius 2 is 0.543 bits per heavy atom. The first-order chi connectivity index (χ1) is 17.3. The van der Waals surface area contributed by atoms with Crippen LogP contribution in [0.5, 0.6) is 0 Å². The predicted octanol–water partition coefficient (Wildman–Crippen LogP) is 11.8. The minimum Gasteiger partial charge on any atom is -0.328 e. The summed E-state index contributed by atoms with van der Waals surface area (Å²) in [6.45, 7) is 5.84. The summed E-state index contributed by atoms with van der Waals surface area (Å²) in [5.74, 6) is 0. The van der Waals surface area contributed by atoms with Crippen LogP contribution in [-0.2, 0) is 9.05 Å². The van der Waals surface area contributed by atoms with Gasteiger partial charge in [0.1, 0.15) is 0 Å². The molecule has 0 aromatic carbocycles. The molecule has 0 aliphatic carbocycles. The predicted molar refractivity (Wildman–Crippen MR) is 157 cm³/mol. The van der Waals surface area contributed by atoms with Gasteiger partial charge in [0, 0.05) is 0 Å². The van der Waals surface area contributed by atoms with Gasteiger partial charge in [-0.2, -0.15) is 0 Å². The van der Waals surface area contributed by atoms with Crippen LogP contribution in [0, 0.1) is 0 Å². The first-order valence-corrected chi connectivity index (χ1v) is 17.2. The Labute approximate surface area is 222 Å². The van der Waals surface area contributed by atoms with Gasteiger partial charge in [0.15, 0.2) is 0 Å². The highest BCUT2D eigenvalue weighted by atomic mass is 31.2. The van der Waals surface area contributed by atoms with Crippen LogP contribution < -0.4 is 0 Å². The molecule has 0 aliphatic rings. The van der Waals surface area contributed by atoms with Crippen LogP contribution in [0.15, 0.2) is 0 Å². The van der Waals surface area contributed by atoms with Crippen LogP contribution in [0.3, 0.4) is 0 Å². The number of rotatable bonds is 31. The molecule has 0 saturated heterocycles. The third-order valence-corrected chi connectivity index (χ3v) is 7.96. The second-order valence-corrected chi connectivity index (χ2v) is 11.7. The zero-order chi connectivity index (χ0) is 25.5. The van der Waals surface area contributed by atoms with Gasteiger partial charge < -0.3 is 13.9 Å². The summed E-state index contributed by atoms with van der Waals surface area (Å²) in [5, 5.41) is 0. The smallest absolute Gasteiger partial charge is 0.328 e. The third kappa shape index (κ3) is 32.3. The quantitative estimate of drug-likeness (QED) is 0.0735. The SMILES string of the molecule is CCCCCCCCCCCCCCCCCCOP(O)OCCCCCCCCCCCCC. The molecule has 0 bridgehead atoms. The van der Waals surface area contributed by atoms with E-state index >= 15 is 0 Å². The molecule has 0 rings (SSSR count). The van der Waals surface area contributed by atoms with E-state index in [1.54, 1.807) is 0 Å². The summed E-state index contributed by atoms with van der Waals surface area (Å²) >= 11 is 0. The van der Waals surface area contributed by atoms with Crippen molar-refractivity contribution in [2.75, 3.05) is 13.2 Å². The molecule has 1 atom stereocenters. The van der Waals surface area contributed by atoms with Gasteiger partial charge in [0.25, 0.3) is 0 Å². The van der Waals surface area contributed by atoms with E-state index in [9.17, 15) is 4.89 Å². The van der Waals surface area contributed by atoms with E-state index in [4.69, 9.17) is 9.05 Å². The number of hydrogen-bond acceptors (Lipinski definition) is 3. The van der Waals surface area contributed by atoms with E-state index in [1.165, 1.54) is 161 Å². The molecule has 1 unspecified atom stereocenters. The Kier molecular flexibility index (Phi) is 32.6. The first kappa shape index (κ1) is 35.3. The Morgan fingerprint density at radius 3 is 0.771 bits per heavy atom. The largest absolute Gasteiger partial charge is 0.329 e. The monoisotopic (exact) mass is 516 g/mol. The Bertz CT molecular complexity index is 367. The maximum absolute atomic E-state index is 9.86. The normalized spacial score (nSPS) is 12.4. The molecule has 1 N–H and O–H groups in total. The average Bonchev–Trinajstić information content (AvgIpc) is 2.86. The zero-order valence-electron chi connectivity index (χ0n) is 24.2. The molecule has 4 heteroatoms. The average molecular weight is 517 g/mol. The van der Waals surface area contributed by atoms with Crippen molar-refractivity contribution in [1.82, 2.24) is 0 Å². The molecule has 212 valence electrons. The Morgan fingerprint density at radius 1 is 0.343 bits per heavy atom. The fraction of sp³-hybridized carbons (Fsp3) is 1.00. The zero-order valence-corrected chi connectivity index (χ0v) is 25.1. The fourth-order valence-electron chi connectivity index (χ4n) is 4.74. The molecule has 0 saturated carbocycles. The van der Waals surface area contributed by atoms with Gasteiger partial charge in [-0.1, -0.05) is 174 Å². The summed E-state index contributed by atoms with van der Waals surface area (Å²) in [4.78, 5) is 9.86. The summed E-state index contributed by atoms with van der Waals surface area (Å²) in [5.41, 5.74) is 0. The lowest BCUT2D eigenvalue weighted by molar-refractivity contribution is 0.193. The van der Waals surface area contributed by atoms with E-state index in [0.29, 0.717) is 13.2 Å². The standard InChI is InChI=1S/C31H65O3P/c1-3-5-7-9-11-13-15-16-17-18-19-21-23-25-27-29-31-34-35(32)33-30-28-26-24-22-20-14-12-10-8-6-4-2/h32H,3-31H2,1-2H3. The summed E-state index contributed by atoms with van der Waals surface area (Å²) in [6, 6.07) is 0. The van der Waals surface area contributed by atoms with Gasteiger partial charge in [0.2, 0.25) is 0 Å². The van der Waals surface area contributed by atoms with Crippen molar-refractivity contribution >= 4 is 8.60 Å². The van der Waals surface area contributed by atoms with Crippen molar-refractivity contribution in [3.63, 3.8) is 0 Å². The highest BCUT2D eigenvalue weighted by Crippen LogP contribution is 2.33. The van der Waals surface area contributed by atoms with Gasteiger partial charge in [-0.05, 0) is 12.8 Å². The van der Waals surface area contributed by atoms with E-state index in [1.807, 2.05) is 0 Å². The molecule has 0 fully saturated rings. The van der Waals surface area contributed by atoms with Gasteiger partial charge >= 0.3 is 8.60 Å². The second kappa shape index (κ2) is 32.3. The Hall–Kier alpha value is 0.310. The van der Waals surface area contributed by atoms with E-state index in [-0.39, 0.29) is 0 Å². The van der Waals surface area contributed by atoms with Crippen molar-refractivity contribution < 1.29 is 13.9 Å². The lowest BCUT2D eigenvalue weighted by Gasteiger charge is -2.10. The minimum atomic E-state index is -1.66. The van der Waals surface area contributed by atoms with E-state index < -0.39 is 8.60 Å². The lowest BCUT2D eigenvalue weighted by Crippen LogP contribution is -1.95. The Balaban J connectivity index is 3.13. The second-order valence-electron chi connectivity index (χ2n) is 10.7. The van der Waals surface area contributed by atoms with Crippen LogP contribution in [0.25, 0.3) is 0 Å². The number of unbranched alkanes of at least 4 members (excludes halogenated alkanes) is 25. The molecule has 0 aromatic heterocycles. The van der Waals surface area contributed by atoms with Crippen LogP contribution in [-0.4, -0.2) is 18.1 Å². The third-order valence-electron chi connectivity index (χ3n) is 7.15. The fourth-order valence-corrected chi connectivity index (χ4v) is 5.38. The van der Waals surface area contributed by atoms with Crippen molar-refractivity contribution in [3.8, 4) is 0 Å². The molecular formula is C31H65O3P. The summed E-state index contributed by atoms with van der Waals surface area (Å²) < 4.78 is 10.9. The van der Waals surface area contributed by atoms with Gasteiger partial charge in [0.05, 0.1) is 13.2 Å². The number of hydrogen-bond donors (Lipinski definition) is 1. The summed E-state index contributed by atoms with van der Waals surface area (Å²) in [7, 11) is -1.66. The molecule has 3 nitrogen and oxygen atoms in total. The van der Waals surface area contributed by atoms with Crippen molar-refractivity contribution in [1.29, 1.82) is 0 Å². The maximum Gasteiger partial charge on any atom is 0.329 e. The topological polar surface area (TPSA) is 38.7 Å². The van der Waals surface area contributed by atoms with Crippen LogP contribution in [0.4, 0.5) is 0 Å². The lowest BCUT2D eigenvalue weighted by atomic mass is 10.0. The summed E-state index contributed by atoms with van der Waals surface area (Å²) in [6.07, 6.45) is 36.6. The van der Waals surface area contributed by atoms with E-state index in [2.05, 4.69) is 13.8 Å². The van der Waals surface area contributed by atoms with Crippen LogP contribution in [0.2, 0.25) is 0 Å². The molecule has 0 aliphatic heterocycles. The minimum absolute atomic E-state index is 0.637. The molecular weight excluding hydrogens is 451 g/mol. The molecule has 35 heavy (non-hydrogen) atoms. The highest BCUT2D eigenvalue weighted by molar-refractivity contribution is 7.40. The molecule has 0 heterocycles. The van der Waals surface area contributed by atoms with Crippen molar-refractivity contribution in [2.24, 2.45) is 0 Å². The van der Waals surface area contributed by atoms with Gasteiger partial charge in [-0.3, -0.25) is 0 Å². The maximum atomic E-state index is 9.86. The molecule has 0 aromatic rings. The first-order valence-electron chi connectivity index (χ1n) is 16.1. The van der Waals surface area contributed by atoms with E-state index in [0.717, 1.165) is 12.8 Å². The molecule has 0 spiro atoms. The molecule has 0 amide bonds. The van der Waals surface area contributed by atoms with Gasteiger partial charge in [-0.15, -0.1) is 0 Å². The highest BCUT2D eigenvalue weighted by Gasteiger charge is 2.06. The van der Waals surface area contributed by atoms with Gasteiger partial charge in [-0.25, -0.2) is 0 Å². The molecule has 0 radical (unpaired) electrons. The van der Waals surface area contributed by atoms with Crippen molar-refractivity contribution in [3.05, 3.63) is 0 Å². The van der Waals surface area contributed by atoms with Crippen LogP contribution >= 0.6 is 8.60 Å². The van der Waals surface area contributed by atoms with Crippen molar-refractivity contribution in [2.45, 2.75) is 187 Å². The van der Waals surface area contributed by atoms with Crippen LogP contribution in [0.1, 0.15) is 187 Å².